The van der Waals surface area contributed by atoms with Gasteiger partial charge >= 0.3 is 5.97 Å². The number of aliphatic hydroxyl groups is 1. The van der Waals surface area contributed by atoms with Crippen molar-refractivity contribution in [3.63, 3.8) is 0 Å². The first-order chi connectivity index (χ1) is 13.3. The van der Waals surface area contributed by atoms with E-state index in [4.69, 9.17) is 10.8 Å². The van der Waals surface area contributed by atoms with Crippen LogP contribution in [0.25, 0.3) is 0 Å². The van der Waals surface area contributed by atoms with Crippen molar-refractivity contribution in [1.29, 1.82) is 0 Å². The molecule has 0 fully saturated rings. The zero-order valence-electron chi connectivity index (χ0n) is 18.1. The standard InChI is InChI=1S/C19H36N4O6/c1-9(2)7-13(20)16(25)22-14(8-10(3)4)17(26)23-15(12(6)24)18(27)21-11(5)19(28)29/h9-15,24H,7-8,20H2,1-6H3,(H,21,27)(H,22,25)(H,23,26)(H,28,29)/t11-,12+,13-,14-,15-/m0/s1. The molecule has 0 spiro atoms. The fraction of sp³-hybridized carbons (Fsp3) is 0.789. The molecule has 0 aliphatic carbocycles. The van der Waals surface area contributed by atoms with Gasteiger partial charge in [0.15, 0.2) is 0 Å². The van der Waals surface area contributed by atoms with Gasteiger partial charge < -0.3 is 31.9 Å². The van der Waals surface area contributed by atoms with Gasteiger partial charge in [-0.3, -0.25) is 19.2 Å². The van der Waals surface area contributed by atoms with E-state index in [1.54, 1.807) is 0 Å². The highest BCUT2D eigenvalue weighted by atomic mass is 16.4. The van der Waals surface area contributed by atoms with E-state index in [-0.39, 0.29) is 11.8 Å². The average molecular weight is 417 g/mol. The summed E-state index contributed by atoms with van der Waals surface area (Å²) in [5.41, 5.74) is 5.87. The number of rotatable bonds is 12. The topological polar surface area (TPSA) is 171 Å². The molecular formula is C19H36N4O6. The molecule has 0 aromatic rings. The van der Waals surface area contributed by atoms with E-state index >= 15 is 0 Å². The van der Waals surface area contributed by atoms with E-state index < -0.39 is 54.0 Å². The van der Waals surface area contributed by atoms with Gasteiger partial charge in [-0.15, -0.1) is 0 Å². The van der Waals surface area contributed by atoms with Crippen LogP contribution in [-0.2, 0) is 19.2 Å². The third-order valence-corrected chi connectivity index (χ3v) is 4.19. The molecule has 3 amide bonds. The number of nitrogens with one attached hydrogen (secondary N) is 3. The monoisotopic (exact) mass is 416 g/mol. The Kier molecular flexibility index (Phi) is 11.4. The number of hydrogen-bond acceptors (Lipinski definition) is 6. The van der Waals surface area contributed by atoms with Crippen molar-refractivity contribution in [2.45, 2.75) is 84.7 Å². The molecule has 0 radical (unpaired) electrons. The predicted molar refractivity (Wildman–Crippen MR) is 108 cm³/mol. The van der Waals surface area contributed by atoms with Gasteiger partial charge in [-0.25, -0.2) is 0 Å². The summed E-state index contributed by atoms with van der Waals surface area (Å²) in [5, 5.41) is 26.0. The molecule has 0 aromatic heterocycles. The lowest BCUT2D eigenvalue weighted by Crippen LogP contribution is -2.59. The van der Waals surface area contributed by atoms with Crippen LogP contribution in [-0.4, -0.2) is 64.2 Å². The first-order valence-corrected chi connectivity index (χ1v) is 9.83. The molecule has 0 saturated heterocycles. The van der Waals surface area contributed by atoms with Gasteiger partial charge in [0.05, 0.1) is 12.1 Å². The Morgan fingerprint density at radius 2 is 1.31 bits per heavy atom. The van der Waals surface area contributed by atoms with Crippen LogP contribution in [0, 0.1) is 11.8 Å². The highest BCUT2D eigenvalue weighted by Crippen LogP contribution is 2.08. The van der Waals surface area contributed by atoms with Gasteiger partial charge in [0.1, 0.15) is 18.1 Å². The van der Waals surface area contributed by atoms with E-state index in [2.05, 4.69) is 16.0 Å². The second kappa shape index (κ2) is 12.4. The minimum absolute atomic E-state index is 0.0539. The van der Waals surface area contributed by atoms with Crippen LogP contribution in [0.5, 0.6) is 0 Å². The lowest BCUT2D eigenvalue weighted by molar-refractivity contribution is -0.142. The van der Waals surface area contributed by atoms with Crippen molar-refractivity contribution in [2.75, 3.05) is 0 Å². The maximum Gasteiger partial charge on any atom is 0.325 e. The quantitative estimate of drug-likeness (QED) is 0.245. The maximum absolute atomic E-state index is 12.7. The molecule has 10 nitrogen and oxygen atoms in total. The Hall–Kier alpha value is -2.20. The van der Waals surface area contributed by atoms with Crippen LogP contribution < -0.4 is 21.7 Å². The zero-order valence-corrected chi connectivity index (χ0v) is 18.1. The largest absolute Gasteiger partial charge is 0.480 e. The Morgan fingerprint density at radius 1 is 0.793 bits per heavy atom. The predicted octanol–water partition coefficient (Wildman–Crippen LogP) is -0.654. The second-order valence-corrected chi connectivity index (χ2v) is 8.22. The molecule has 0 unspecified atom stereocenters. The minimum atomic E-state index is -1.37. The molecule has 0 saturated carbocycles. The third-order valence-electron chi connectivity index (χ3n) is 4.19. The van der Waals surface area contributed by atoms with Crippen molar-refractivity contribution in [3.05, 3.63) is 0 Å². The fourth-order valence-electron chi connectivity index (χ4n) is 2.62. The van der Waals surface area contributed by atoms with Gasteiger partial charge in [0.25, 0.3) is 0 Å². The van der Waals surface area contributed by atoms with Crippen LogP contribution in [0.3, 0.4) is 0 Å². The molecule has 29 heavy (non-hydrogen) atoms. The highest BCUT2D eigenvalue weighted by molar-refractivity contribution is 5.94. The van der Waals surface area contributed by atoms with Crippen LogP contribution in [0.4, 0.5) is 0 Å². The summed E-state index contributed by atoms with van der Waals surface area (Å²) >= 11 is 0. The minimum Gasteiger partial charge on any atom is -0.480 e. The summed E-state index contributed by atoms with van der Waals surface area (Å²) in [5.74, 6) is -2.97. The number of carbonyl (C=O) groups excluding carboxylic acids is 3. The van der Waals surface area contributed by atoms with Crippen molar-refractivity contribution in [2.24, 2.45) is 17.6 Å². The van der Waals surface area contributed by atoms with Crippen LogP contribution in [0.15, 0.2) is 0 Å². The number of aliphatic carboxylic acids is 1. The van der Waals surface area contributed by atoms with E-state index in [1.807, 2.05) is 27.7 Å². The average Bonchev–Trinajstić information content (AvgIpc) is 2.56. The molecule has 0 rings (SSSR count). The van der Waals surface area contributed by atoms with Gasteiger partial charge in [-0.05, 0) is 38.5 Å². The highest BCUT2D eigenvalue weighted by Gasteiger charge is 2.32. The molecular weight excluding hydrogens is 380 g/mol. The van der Waals surface area contributed by atoms with Crippen LogP contribution >= 0.6 is 0 Å². The van der Waals surface area contributed by atoms with Crippen molar-refractivity contribution in [3.8, 4) is 0 Å². The van der Waals surface area contributed by atoms with Crippen LogP contribution in [0.2, 0.25) is 0 Å². The Morgan fingerprint density at radius 3 is 1.72 bits per heavy atom. The summed E-state index contributed by atoms with van der Waals surface area (Å²) in [6.07, 6.45) is -0.530. The second-order valence-electron chi connectivity index (χ2n) is 8.22. The lowest BCUT2D eigenvalue weighted by atomic mass is 10.00. The normalized spacial score (nSPS) is 16.5. The summed E-state index contributed by atoms with van der Waals surface area (Å²) in [6.45, 7) is 10.1. The molecule has 10 heteroatoms. The van der Waals surface area contributed by atoms with Gasteiger partial charge in [-0.1, -0.05) is 27.7 Å². The molecule has 0 aliphatic rings. The summed E-state index contributed by atoms with van der Waals surface area (Å²) < 4.78 is 0. The number of hydrogen-bond donors (Lipinski definition) is 6. The summed E-state index contributed by atoms with van der Waals surface area (Å²) in [6, 6.07) is -4.29. The number of nitrogens with two attached hydrogens (primary N) is 1. The zero-order chi connectivity index (χ0) is 22.9. The first-order valence-electron chi connectivity index (χ1n) is 9.83. The van der Waals surface area contributed by atoms with E-state index in [0.717, 1.165) is 0 Å². The Labute approximate surface area is 172 Å². The molecule has 0 heterocycles. The smallest absolute Gasteiger partial charge is 0.325 e. The van der Waals surface area contributed by atoms with E-state index in [0.29, 0.717) is 12.8 Å². The van der Waals surface area contributed by atoms with Gasteiger partial charge in [-0.2, -0.15) is 0 Å². The fourth-order valence-corrected chi connectivity index (χ4v) is 2.62. The lowest BCUT2D eigenvalue weighted by Gasteiger charge is -2.27. The van der Waals surface area contributed by atoms with E-state index in [9.17, 15) is 24.3 Å². The number of carboxylic acid groups (broad SMARTS) is 1. The number of carboxylic acids is 1. The molecule has 0 aromatic carbocycles. The van der Waals surface area contributed by atoms with Gasteiger partial charge in [0, 0.05) is 0 Å². The van der Waals surface area contributed by atoms with Crippen molar-refractivity contribution >= 4 is 23.7 Å². The Balaban J connectivity index is 5.27. The first kappa shape index (κ1) is 26.8. The summed E-state index contributed by atoms with van der Waals surface area (Å²) in [4.78, 5) is 48.3. The van der Waals surface area contributed by atoms with E-state index in [1.165, 1.54) is 13.8 Å². The van der Waals surface area contributed by atoms with Crippen LogP contribution in [0.1, 0.15) is 54.4 Å². The third kappa shape index (κ3) is 10.2. The maximum atomic E-state index is 12.7. The molecule has 0 bridgehead atoms. The molecule has 168 valence electrons. The number of amides is 3. The molecule has 7 N–H and O–H groups in total. The van der Waals surface area contributed by atoms with Gasteiger partial charge in [0.2, 0.25) is 17.7 Å². The molecule has 5 atom stereocenters. The summed E-state index contributed by atoms with van der Waals surface area (Å²) in [7, 11) is 0. The SMILES string of the molecule is CC(C)C[C@H](NC(=O)[C@@H](N)CC(C)C)C(=O)N[C@H](C(=O)N[C@@H](C)C(=O)O)[C@@H](C)O. The molecule has 0 aliphatic heterocycles. The number of carbonyl (C=O) groups is 4. The van der Waals surface area contributed by atoms with Crippen molar-refractivity contribution in [1.82, 2.24) is 16.0 Å². The number of aliphatic hydroxyl groups excluding tert-OH is 1. The Bertz CT molecular complexity index is 579. The van der Waals surface area contributed by atoms with Crippen molar-refractivity contribution < 1.29 is 29.4 Å².